The second kappa shape index (κ2) is 4.87. The fraction of sp³-hybridized carbons (Fsp3) is 0.250. The normalized spacial score (nSPS) is 10.3. The Kier molecular flexibility index (Phi) is 3.27. The highest BCUT2D eigenvalue weighted by molar-refractivity contribution is 5.92. The van der Waals surface area contributed by atoms with Crippen molar-refractivity contribution in [2.75, 3.05) is 7.11 Å². The van der Waals surface area contributed by atoms with Crippen LogP contribution in [0.4, 0.5) is 0 Å². The van der Waals surface area contributed by atoms with Gasteiger partial charge in [-0.3, -0.25) is 0 Å². The third-order valence-electron chi connectivity index (χ3n) is 2.50. The average molecular weight is 247 g/mol. The summed E-state index contributed by atoms with van der Waals surface area (Å²) >= 11 is 0. The minimum Gasteiger partial charge on any atom is -0.497 e. The number of aromatic carboxylic acids is 1. The van der Waals surface area contributed by atoms with E-state index in [0.29, 0.717) is 23.6 Å². The van der Waals surface area contributed by atoms with Crippen LogP contribution in [-0.2, 0) is 6.54 Å². The molecule has 0 saturated carbocycles. The molecule has 0 saturated heterocycles. The van der Waals surface area contributed by atoms with Gasteiger partial charge < -0.3 is 9.84 Å². The Bertz CT molecular complexity index is 560. The Hall–Kier alpha value is -2.37. The van der Waals surface area contributed by atoms with Gasteiger partial charge in [0, 0.05) is 5.56 Å². The number of rotatable bonds is 4. The van der Waals surface area contributed by atoms with E-state index in [4.69, 9.17) is 9.84 Å². The summed E-state index contributed by atoms with van der Waals surface area (Å²) < 4.78 is 5.05. The Labute approximate surface area is 104 Å². The van der Waals surface area contributed by atoms with Crippen LogP contribution in [0, 0.1) is 0 Å². The van der Waals surface area contributed by atoms with Crippen molar-refractivity contribution in [3.8, 4) is 17.0 Å². The summed E-state index contributed by atoms with van der Waals surface area (Å²) in [6.07, 6.45) is 0. The molecule has 18 heavy (non-hydrogen) atoms. The summed E-state index contributed by atoms with van der Waals surface area (Å²) in [6, 6.07) is 7.03. The van der Waals surface area contributed by atoms with E-state index in [9.17, 15) is 4.79 Å². The molecule has 1 heterocycles. The number of aryl methyl sites for hydroxylation is 1. The molecule has 94 valence electrons. The van der Waals surface area contributed by atoms with Crippen LogP contribution in [0.15, 0.2) is 24.3 Å². The van der Waals surface area contributed by atoms with Gasteiger partial charge in [0.15, 0.2) is 5.69 Å². The molecule has 0 atom stereocenters. The van der Waals surface area contributed by atoms with Crippen LogP contribution >= 0.6 is 0 Å². The van der Waals surface area contributed by atoms with Gasteiger partial charge in [0.2, 0.25) is 0 Å². The number of carboxylic acids is 1. The van der Waals surface area contributed by atoms with Gasteiger partial charge in [0.25, 0.3) is 0 Å². The number of methoxy groups -OCH3 is 1. The van der Waals surface area contributed by atoms with Gasteiger partial charge in [-0.15, -0.1) is 5.10 Å². The van der Waals surface area contributed by atoms with Crippen LogP contribution in [-0.4, -0.2) is 33.2 Å². The highest BCUT2D eigenvalue weighted by Gasteiger charge is 2.18. The third-order valence-corrected chi connectivity index (χ3v) is 2.50. The Balaban J connectivity index is 2.47. The molecule has 0 bridgehead atoms. The topological polar surface area (TPSA) is 77.2 Å². The van der Waals surface area contributed by atoms with Gasteiger partial charge in [-0.1, -0.05) is 0 Å². The number of carbonyl (C=O) groups is 1. The summed E-state index contributed by atoms with van der Waals surface area (Å²) in [7, 11) is 1.57. The molecule has 2 rings (SSSR count). The van der Waals surface area contributed by atoms with Crippen molar-refractivity contribution in [2.45, 2.75) is 13.5 Å². The predicted molar refractivity (Wildman–Crippen MR) is 64.6 cm³/mol. The highest BCUT2D eigenvalue weighted by Crippen LogP contribution is 2.23. The van der Waals surface area contributed by atoms with Gasteiger partial charge in [0.05, 0.1) is 13.7 Å². The molecule has 0 unspecified atom stereocenters. The number of ether oxygens (including phenoxy) is 1. The van der Waals surface area contributed by atoms with Crippen molar-refractivity contribution in [2.24, 2.45) is 0 Å². The molecule has 6 heteroatoms. The van der Waals surface area contributed by atoms with E-state index in [1.54, 1.807) is 31.4 Å². The average Bonchev–Trinajstić information content (AvgIpc) is 2.83. The molecule has 0 amide bonds. The van der Waals surface area contributed by atoms with Crippen LogP contribution in [0.2, 0.25) is 0 Å². The minimum absolute atomic E-state index is 0.0398. The fourth-order valence-corrected chi connectivity index (χ4v) is 1.58. The van der Waals surface area contributed by atoms with E-state index < -0.39 is 5.97 Å². The minimum atomic E-state index is -1.08. The van der Waals surface area contributed by atoms with E-state index in [1.165, 1.54) is 4.80 Å². The predicted octanol–water partition coefficient (Wildman–Crippen LogP) is 1.67. The quantitative estimate of drug-likeness (QED) is 0.889. The number of nitrogens with zero attached hydrogens (tertiary/aromatic N) is 3. The molecule has 2 aromatic rings. The standard InChI is InChI=1S/C12H13N3O3/c1-3-15-13-10(11(14-15)12(16)17)8-4-6-9(18-2)7-5-8/h4-7H,3H2,1-2H3,(H,16,17). The molecule has 0 aliphatic carbocycles. The first-order chi connectivity index (χ1) is 8.65. The van der Waals surface area contributed by atoms with E-state index in [1.807, 2.05) is 6.92 Å². The lowest BCUT2D eigenvalue weighted by molar-refractivity contribution is 0.0690. The number of hydrogen-bond donors (Lipinski definition) is 1. The van der Waals surface area contributed by atoms with Gasteiger partial charge >= 0.3 is 5.97 Å². The number of hydrogen-bond acceptors (Lipinski definition) is 4. The van der Waals surface area contributed by atoms with Crippen LogP contribution in [0.5, 0.6) is 5.75 Å². The van der Waals surface area contributed by atoms with Crippen molar-refractivity contribution in [1.29, 1.82) is 0 Å². The zero-order valence-electron chi connectivity index (χ0n) is 10.1. The van der Waals surface area contributed by atoms with Crippen molar-refractivity contribution >= 4 is 5.97 Å². The SMILES string of the molecule is CCn1nc(C(=O)O)c(-c2ccc(OC)cc2)n1. The lowest BCUT2D eigenvalue weighted by atomic mass is 10.1. The summed E-state index contributed by atoms with van der Waals surface area (Å²) in [6.45, 7) is 2.37. The van der Waals surface area contributed by atoms with Crippen molar-refractivity contribution in [1.82, 2.24) is 15.0 Å². The molecule has 1 aromatic heterocycles. The number of aromatic nitrogens is 3. The number of benzene rings is 1. The first kappa shape index (κ1) is 12.1. The Morgan fingerprint density at radius 1 is 1.33 bits per heavy atom. The van der Waals surface area contributed by atoms with Crippen molar-refractivity contribution < 1.29 is 14.6 Å². The van der Waals surface area contributed by atoms with Gasteiger partial charge in [-0.2, -0.15) is 9.90 Å². The van der Waals surface area contributed by atoms with E-state index in [2.05, 4.69) is 10.2 Å². The zero-order chi connectivity index (χ0) is 13.1. The monoisotopic (exact) mass is 247 g/mol. The Morgan fingerprint density at radius 2 is 2.00 bits per heavy atom. The highest BCUT2D eigenvalue weighted by atomic mass is 16.5. The molecule has 1 N–H and O–H groups in total. The maximum atomic E-state index is 11.1. The van der Waals surface area contributed by atoms with E-state index in [-0.39, 0.29) is 5.69 Å². The second-order valence-corrected chi connectivity index (χ2v) is 3.62. The van der Waals surface area contributed by atoms with E-state index in [0.717, 1.165) is 0 Å². The van der Waals surface area contributed by atoms with Crippen LogP contribution in [0.1, 0.15) is 17.4 Å². The summed E-state index contributed by atoms with van der Waals surface area (Å²) in [5.41, 5.74) is 1.03. The number of carboxylic acid groups (broad SMARTS) is 1. The van der Waals surface area contributed by atoms with Crippen LogP contribution in [0.3, 0.4) is 0 Å². The largest absolute Gasteiger partial charge is 0.497 e. The fourth-order valence-electron chi connectivity index (χ4n) is 1.58. The second-order valence-electron chi connectivity index (χ2n) is 3.62. The Morgan fingerprint density at radius 3 is 2.50 bits per heavy atom. The molecular formula is C12H13N3O3. The van der Waals surface area contributed by atoms with Crippen LogP contribution in [0.25, 0.3) is 11.3 Å². The van der Waals surface area contributed by atoms with E-state index >= 15 is 0 Å². The zero-order valence-corrected chi connectivity index (χ0v) is 10.1. The third kappa shape index (κ3) is 2.17. The van der Waals surface area contributed by atoms with Crippen LogP contribution < -0.4 is 4.74 Å². The van der Waals surface area contributed by atoms with Crippen molar-refractivity contribution in [3.05, 3.63) is 30.0 Å². The molecule has 0 radical (unpaired) electrons. The molecule has 0 aliphatic heterocycles. The summed E-state index contributed by atoms with van der Waals surface area (Å²) in [5.74, 6) is -0.376. The van der Waals surface area contributed by atoms with Gasteiger partial charge in [-0.05, 0) is 31.2 Å². The van der Waals surface area contributed by atoms with Crippen molar-refractivity contribution in [3.63, 3.8) is 0 Å². The molecular weight excluding hydrogens is 234 g/mol. The molecule has 0 fully saturated rings. The maximum Gasteiger partial charge on any atom is 0.358 e. The van der Waals surface area contributed by atoms with Gasteiger partial charge in [-0.25, -0.2) is 4.79 Å². The molecule has 0 spiro atoms. The lowest BCUT2D eigenvalue weighted by Gasteiger charge is -2.01. The maximum absolute atomic E-state index is 11.1. The molecule has 0 aliphatic rings. The molecule has 1 aromatic carbocycles. The summed E-state index contributed by atoms with van der Waals surface area (Å²) in [4.78, 5) is 12.5. The molecule has 6 nitrogen and oxygen atoms in total. The first-order valence-corrected chi connectivity index (χ1v) is 5.48. The van der Waals surface area contributed by atoms with Gasteiger partial charge in [0.1, 0.15) is 11.4 Å². The lowest BCUT2D eigenvalue weighted by Crippen LogP contribution is -2.02. The smallest absolute Gasteiger partial charge is 0.358 e. The first-order valence-electron chi connectivity index (χ1n) is 5.48. The summed E-state index contributed by atoms with van der Waals surface area (Å²) in [5, 5.41) is 17.2.